The van der Waals surface area contributed by atoms with E-state index in [1.54, 1.807) is 26.3 Å². The van der Waals surface area contributed by atoms with E-state index in [4.69, 9.17) is 9.47 Å². The van der Waals surface area contributed by atoms with E-state index < -0.39 is 11.9 Å². The highest BCUT2D eigenvalue weighted by Gasteiger charge is 2.32. The molecule has 0 aliphatic carbocycles. The van der Waals surface area contributed by atoms with Gasteiger partial charge >= 0.3 is 5.69 Å². The fourth-order valence-electron chi connectivity index (χ4n) is 4.41. The largest absolute Gasteiger partial charge is 0.495 e. The maximum atomic E-state index is 13.1. The minimum Gasteiger partial charge on any atom is -0.495 e. The molecule has 2 aromatic rings. The highest BCUT2D eigenvalue weighted by Crippen LogP contribution is 2.29. The van der Waals surface area contributed by atoms with Crippen LogP contribution >= 0.6 is 0 Å². The van der Waals surface area contributed by atoms with Crippen LogP contribution in [0.3, 0.4) is 0 Å². The third-order valence-corrected chi connectivity index (χ3v) is 6.22. The lowest BCUT2D eigenvalue weighted by molar-refractivity contribution is -0.135. The molecule has 2 saturated heterocycles. The molecule has 1 atom stereocenters. The van der Waals surface area contributed by atoms with E-state index in [0.717, 1.165) is 25.9 Å². The lowest BCUT2D eigenvalue weighted by atomic mass is 10.1. The van der Waals surface area contributed by atoms with Crippen LogP contribution in [0.1, 0.15) is 37.3 Å². The maximum absolute atomic E-state index is 13.1. The first kappa shape index (κ1) is 22.1. The number of amides is 2. The van der Waals surface area contributed by atoms with E-state index in [1.165, 1.54) is 9.13 Å². The van der Waals surface area contributed by atoms with Gasteiger partial charge in [-0.1, -0.05) is 11.8 Å². The van der Waals surface area contributed by atoms with Crippen LogP contribution < -0.4 is 15.7 Å². The van der Waals surface area contributed by atoms with Crippen molar-refractivity contribution < 1.29 is 19.1 Å². The van der Waals surface area contributed by atoms with Crippen LogP contribution in [0.4, 0.5) is 0 Å². The number of methoxy groups -OCH3 is 1. The molecule has 1 N–H and O–H groups in total. The quantitative estimate of drug-likeness (QED) is 0.558. The Bertz CT molecular complexity index is 1160. The van der Waals surface area contributed by atoms with Gasteiger partial charge in [-0.15, -0.1) is 0 Å². The highest BCUT2D eigenvalue weighted by molar-refractivity contribution is 6.00. The van der Waals surface area contributed by atoms with Crippen LogP contribution in [0.5, 0.6) is 5.75 Å². The Labute approximate surface area is 186 Å². The summed E-state index contributed by atoms with van der Waals surface area (Å²) in [6.45, 7) is 2.32. The average Bonchev–Trinajstić information content (AvgIpc) is 3.03. The van der Waals surface area contributed by atoms with Crippen molar-refractivity contribution in [3.05, 3.63) is 28.2 Å². The van der Waals surface area contributed by atoms with Gasteiger partial charge in [-0.3, -0.25) is 24.0 Å². The van der Waals surface area contributed by atoms with Crippen molar-refractivity contribution in [3.8, 4) is 17.6 Å². The molecular weight excluding hydrogens is 412 g/mol. The molecule has 170 valence electrons. The Balaban J connectivity index is 1.66. The number of fused-ring (bicyclic) bond motifs is 1. The maximum Gasteiger partial charge on any atom is 0.329 e. The number of ether oxygens (including phenoxy) is 2. The summed E-state index contributed by atoms with van der Waals surface area (Å²) in [6, 6.07) is 2.75. The second kappa shape index (κ2) is 9.18. The molecule has 2 aliphatic rings. The standard InChI is InChI=1S/C23H28N4O5/c1-25-12-10-15(11-13-25)32-14-4-5-16-19(31-3)8-6-17-21(16)26(2)23(30)27(17)18-7-9-20(28)24-22(18)29/h6,8,15,18H,7,9-14H2,1-3H3,(H,24,28,29). The van der Waals surface area contributed by atoms with Crippen LogP contribution in [-0.4, -0.2) is 65.8 Å². The van der Waals surface area contributed by atoms with E-state index in [9.17, 15) is 14.4 Å². The van der Waals surface area contributed by atoms with Gasteiger partial charge in [-0.05, 0) is 38.4 Å². The number of aromatic nitrogens is 2. The number of likely N-dealkylation sites (tertiary alicyclic amines) is 1. The molecule has 9 heteroatoms. The van der Waals surface area contributed by atoms with E-state index in [-0.39, 0.29) is 37.1 Å². The molecule has 1 unspecified atom stereocenters. The molecule has 0 saturated carbocycles. The lowest BCUT2D eigenvalue weighted by Gasteiger charge is -2.28. The van der Waals surface area contributed by atoms with Crippen LogP contribution in [0.2, 0.25) is 0 Å². The Kier molecular flexibility index (Phi) is 6.35. The third-order valence-electron chi connectivity index (χ3n) is 6.22. The molecule has 3 heterocycles. The molecular formula is C23H28N4O5. The topological polar surface area (TPSA) is 94.8 Å². The van der Waals surface area contributed by atoms with E-state index in [0.29, 0.717) is 22.3 Å². The summed E-state index contributed by atoms with van der Waals surface area (Å²) in [4.78, 5) is 39.3. The predicted octanol–water partition coefficient (Wildman–Crippen LogP) is 0.789. The number of piperidine rings is 2. The Hall–Kier alpha value is -3.09. The van der Waals surface area contributed by atoms with Crippen LogP contribution in [-0.2, 0) is 21.4 Å². The summed E-state index contributed by atoms with van der Waals surface area (Å²) < 4.78 is 14.3. The summed E-state index contributed by atoms with van der Waals surface area (Å²) in [5, 5.41) is 2.32. The highest BCUT2D eigenvalue weighted by atomic mass is 16.5. The fraction of sp³-hybridized carbons (Fsp3) is 0.522. The Morgan fingerprint density at radius 1 is 1.12 bits per heavy atom. The second-order valence-electron chi connectivity index (χ2n) is 8.30. The summed E-state index contributed by atoms with van der Waals surface area (Å²) in [5.74, 6) is 5.94. The van der Waals surface area contributed by atoms with E-state index in [1.807, 2.05) is 0 Å². The zero-order valence-electron chi connectivity index (χ0n) is 18.6. The van der Waals surface area contributed by atoms with Crippen molar-refractivity contribution in [2.75, 3.05) is 33.9 Å². The molecule has 4 rings (SSSR count). The normalized spacial score (nSPS) is 20.2. The number of carbonyl (C=O) groups is 2. The lowest BCUT2D eigenvalue weighted by Crippen LogP contribution is -2.44. The molecule has 32 heavy (non-hydrogen) atoms. The van der Waals surface area contributed by atoms with E-state index >= 15 is 0 Å². The van der Waals surface area contributed by atoms with Gasteiger partial charge < -0.3 is 14.4 Å². The van der Waals surface area contributed by atoms with Gasteiger partial charge in [0.15, 0.2) is 0 Å². The first-order valence-corrected chi connectivity index (χ1v) is 10.8. The molecule has 2 aliphatic heterocycles. The van der Waals surface area contributed by atoms with Gasteiger partial charge in [-0.25, -0.2) is 4.79 Å². The Morgan fingerprint density at radius 3 is 2.56 bits per heavy atom. The molecule has 2 amide bonds. The van der Waals surface area contributed by atoms with Gasteiger partial charge in [0.2, 0.25) is 11.8 Å². The Morgan fingerprint density at radius 2 is 1.88 bits per heavy atom. The number of rotatable bonds is 4. The van der Waals surface area contributed by atoms with Crippen molar-refractivity contribution in [1.29, 1.82) is 0 Å². The minimum absolute atomic E-state index is 0.191. The number of benzene rings is 1. The van der Waals surface area contributed by atoms with Crippen LogP contribution in [0, 0.1) is 11.8 Å². The third kappa shape index (κ3) is 4.16. The van der Waals surface area contributed by atoms with Crippen LogP contribution in [0.15, 0.2) is 16.9 Å². The summed E-state index contributed by atoms with van der Waals surface area (Å²) in [5.41, 5.74) is 1.40. The number of imidazole rings is 1. The zero-order valence-corrected chi connectivity index (χ0v) is 18.6. The summed E-state index contributed by atoms with van der Waals surface area (Å²) in [7, 11) is 5.30. The number of nitrogens with zero attached hydrogens (tertiary/aromatic N) is 3. The van der Waals surface area contributed by atoms with Crippen molar-refractivity contribution >= 4 is 22.8 Å². The number of aryl methyl sites for hydroxylation is 1. The van der Waals surface area contributed by atoms with Crippen molar-refractivity contribution in [3.63, 3.8) is 0 Å². The minimum atomic E-state index is -0.745. The number of carbonyl (C=O) groups excluding carboxylic acids is 2. The zero-order chi connectivity index (χ0) is 22.8. The predicted molar refractivity (Wildman–Crippen MR) is 119 cm³/mol. The fourth-order valence-corrected chi connectivity index (χ4v) is 4.41. The number of hydrogen-bond donors (Lipinski definition) is 1. The first-order valence-electron chi connectivity index (χ1n) is 10.8. The van der Waals surface area contributed by atoms with Crippen molar-refractivity contribution in [2.45, 2.75) is 37.8 Å². The van der Waals surface area contributed by atoms with Gasteiger partial charge in [0.25, 0.3) is 0 Å². The number of hydrogen-bond acceptors (Lipinski definition) is 6. The molecule has 1 aromatic heterocycles. The SMILES string of the molecule is COc1ccc2c(c1C#CCOC1CCN(C)CC1)n(C)c(=O)n2C1CCC(=O)NC1=O. The molecule has 1 aromatic carbocycles. The summed E-state index contributed by atoms with van der Waals surface area (Å²) >= 11 is 0. The molecule has 9 nitrogen and oxygen atoms in total. The molecule has 0 bridgehead atoms. The molecule has 0 radical (unpaired) electrons. The second-order valence-corrected chi connectivity index (χ2v) is 8.30. The number of imide groups is 1. The van der Waals surface area contributed by atoms with Gasteiger partial charge in [0, 0.05) is 26.6 Å². The summed E-state index contributed by atoms with van der Waals surface area (Å²) in [6.07, 6.45) is 2.65. The van der Waals surface area contributed by atoms with E-state index in [2.05, 4.69) is 29.1 Å². The first-order chi connectivity index (χ1) is 15.4. The van der Waals surface area contributed by atoms with Crippen LogP contribution in [0.25, 0.3) is 11.0 Å². The smallest absolute Gasteiger partial charge is 0.329 e. The molecule has 0 spiro atoms. The van der Waals surface area contributed by atoms with Gasteiger partial charge in [0.1, 0.15) is 18.4 Å². The van der Waals surface area contributed by atoms with Gasteiger partial charge in [-0.2, -0.15) is 0 Å². The average molecular weight is 441 g/mol. The monoisotopic (exact) mass is 440 g/mol. The van der Waals surface area contributed by atoms with Crippen molar-refractivity contribution in [1.82, 2.24) is 19.4 Å². The number of nitrogens with one attached hydrogen (secondary N) is 1. The molecule has 2 fully saturated rings. The van der Waals surface area contributed by atoms with Gasteiger partial charge in [0.05, 0.1) is 29.8 Å². The van der Waals surface area contributed by atoms with Crippen molar-refractivity contribution in [2.24, 2.45) is 7.05 Å².